The van der Waals surface area contributed by atoms with Crippen LogP contribution in [0.1, 0.15) is 67.1 Å². The predicted molar refractivity (Wildman–Crippen MR) is 154 cm³/mol. The fourth-order valence-electron chi connectivity index (χ4n) is 3.88. The number of rotatable bonds is 14. The summed E-state index contributed by atoms with van der Waals surface area (Å²) >= 11 is 2.70. The van der Waals surface area contributed by atoms with Crippen molar-refractivity contribution in [2.45, 2.75) is 45.6 Å². The number of aliphatic carboxylic acids is 1. The van der Waals surface area contributed by atoms with Gasteiger partial charge in [-0.3, -0.25) is 10.1 Å². The maximum atomic E-state index is 15.7. The van der Waals surface area contributed by atoms with Crippen molar-refractivity contribution in [1.29, 1.82) is 0 Å². The summed E-state index contributed by atoms with van der Waals surface area (Å²) in [6.07, 6.45) is 6.10. The number of thioether (sulfide) groups is 1. The van der Waals surface area contributed by atoms with E-state index in [1.807, 2.05) is 6.26 Å². The molecule has 2 aromatic carbocycles. The van der Waals surface area contributed by atoms with Crippen LogP contribution in [0.4, 0.5) is 18.3 Å². The van der Waals surface area contributed by atoms with Gasteiger partial charge in [-0.05, 0) is 56.0 Å². The molecular weight excluding hydrogens is 561 g/mol. The SMILES string of the molecule is CCCCCOC(CCSC)c1cccc(-c2csc(NC(=O)c3cc(F)c(C=C(C)C(=O)O)c(F)c3)n2)c1F. The van der Waals surface area contributed by atoms with E-state index in [9.17, 15) is 18.4 Å². The lowest BCUT2D eigenvalue weighted by Gasteiger charge is -2.19. The number of anilines is 1. The van der Waals surface area contributed by atoms with Gasteiger partial charge in [0.15, 0.2) is 5.13 Å². The summed E-state index contributed by atoms with van der Waals surface area (Å²) in [5, 5.41) is 13.1. The number of hydrogen-bond acceptors (Lipinski definition) is 6. The van der Waals surface area contributed by atoms with E-state index in [1.54, 1.807) is 35.3 Å². The lowest BCUT2D eigenvalue weighted by Crippen LogP contribution is -2.13. The monoisotopic (exact) mass is 592 g/mol. The lowest BCUT2D eigenvalue weighted by atomic mass is 10.0. The standard InChI is InChI=1S/C29H31F3N2O4S2/c1-4-5-6-11-38-25(10-12-39-3)20-9-7-8-19(26(20)32)24-16-40-29(33-24)34-27(35)18-14-22(30)21(23(31)15-18)13-17(2)28(36)37/h7-9,13-16,25H,4-6,10-12H2,1-3H3,(H,36,37)(H,33,34,35). The molecule has 214 valence electrons. The third kappa shape index (κ3) is 8.18. The van der Waals surface area contributed by atoms with Crippen LogP contribution in [0.15, 0.2) is 41.3 Å². The van der Waals surface area contributed by atoms with Crippen molar-refractivity contribution in [3.63, 3.8) is 0 Å². The summed E-state index contributed by atoms with van der Waals surface area (Å²) < 4.78 is 50.7. The van der Waals surface area contributed by atoms with Crippen LogP contribution in [0.5, 0.6) is 0 Å². The van der Waals surface area contributed by atoms with Crippen molar-refractivity contribution < 1.29 is 32.6 Å². The number of hydrogen-bond donors (Lipinski definition) is 2. The normalized spacial score (nSPS) is 12.4. The minimum absolute atomic E-state index is 0.117. The highest BCUT2D eigenvalue weighted by atomic mass is 32.2. The number of carboxylic acids is 1. The highest BCUT2D eigenvalue weighted by molar-refractivity contribution is 7.98. The number of aromatic nitrogens is 1. The Morgan fingerprint density at radius 2 is 1.93 bits per heavy atom. The number of unbranched alkanes of at least 4 members (excludes halogenated alkanes) is 2. The van der Waals surface area contributed by atoms with Crippen molar-refractivity contribution in [2.24, 2.45) is 0 Å². The second-order valence-corrected chi connectivity index (χ2v) is 10.9. The number of carbonyl (C=O) groups is 2. The molecule has 3 aromatic rings. The predicted octanol–water partition coefficient (Wildman–Crippen LogP) is 7.97. The van der Waals surface area contributed by atoms with Crippen molar-refractivity contribution in [3.05, 3.63) is 75.4 Å². The van der Waals surface area contributed by atoms with Crippen LogP contribution in [0.3, 0.4) is 0 Å². The van der Waals surface area contributed by atoms with Crippen LogP contribution in [-0.4, -0.2) is 40.6 Å². The van der Waals surface area contributed by atoms with Gasteiger partial charge in [0.25, 0.3) is 5.91 Å². The molecule has 0 radical (unpaired) electrons. The van der Waals surface area contributed by atoms with E-state index in [0.717, 1.165) is 54.6 Å². The quantitative estimate of drug-likeness (QED) is 0.146. The average molecular weight is 593 g/mol. The van der Waals surface area contributed by atoms with Crippen LogP contribution < -0.4 is 5.32 Å². The summed E-state index contributed by atoms with van der Waals surface area (Å²) in [5.41, 5.74) is -0.144. The maximum Gasteiger partial charge on any atom is 0.331 e. The number of ether oxygens (including phenoxy) is 1. The van der Waals surface area contributed by atoms with Crippen molar-refractivity contribution in [1.82, 2.24) is 4.98 Å². The molecule has 0 fully saturated rings. The first-order valence-corrected chi connectivity index (χ1v) is 15.0. The van der Waals surface area contributed by atoms with Crippen LogP contribution in [-0.2, 0) is 9.53 Å². The van der Waals surface area contributed by atoms with Gasteiger partial charge in [-0.1, -0.05) is 31.9 Å². The fourth-order valence-corrected chi connectivity index (χ4v) is 5.04. The molecule has 11 heteroatoms. The van der Waals surface area contributed by atoms with Gasteiger partial charge in [0.2, 0.25) is 0 Å². The molecule has 0 saturated heterocycles. The van der Waals surface area contributed by atoms with Gasteiger partial charge in [-0.2, -0.15) is 11.8 Å². The van der Waals surface area contributed by atoms with Gasteiger partial charge in [0.1, 0.15) is 17.5 Å². The third-order valence-electron chi connectivity index (χ3n) is 6.07. The van der Waals surface area contributed by atoms with Crippen molar-refractivity contribution >= 4 is 46.2 Å². The zero-order chi connectivity index (χ0) is 29.2. The molecule has 1 aromatic heterocycles. The largest absolute Gasteiger partial charge is 0.478 e. The molecule has 0 aliphatic heterocycles. The molecule has 1 atom stereocenters. The number of amides is 1. The van der Waals surface area contributed by atoms with Gasteiger partial charge >= 0.3 is 5.97 Å². The van der Waals surface area contributed by atoms with Gasteiger partial charge in [-0.25, -0.2) is 22.9 Å². The number of carboxylic acid groups (broad SMARTS) is 1. The molecule has 0 aliphatic rings. The topological polar surface area (TPSA) is 88.5 Å². The Morgan fingerprint density at radius 3 is 2.58 bits per heavy atom. The second-order valence-electron chi connectivity index (χ2n) is 9.03. The first-order chi connectivity index (χ1) is 19.2. The second kappa shape index (κ2) is 15.0. The van der Waals surface area contributed by atoms with Gasteiger partial charge < -0.3 is 9.84 Å². The van der Waals surface area contributed by atoms with E-state index in [0.29, 0.717) is 24.3 Å². The van der Waals surface area contributed by atoms with E-state index in [4.69, 9.17) is 9.84 Å². The molecule has 0 saturated carbocycles. The van der Waals surface area contributed by atoms with Crippen LogP contribution in [0.2, 0.25) is 0 Å². The first-order valence-electron chi connectivity index (χ1n) is 12.7. The zero-order valence-electron chi connectivity index (χ0n) is 22.4. The van der Waals surface area contributed by atoms with E-state index in [2.05, 4.69) is 17.2 Å². The van der Waals surface area contributed by atoms with Crippen molar-refractivity contribution in [3.8, 4) is 11.3 Å². The zero-order valence-corrected chi connectivity index (χ0v) is 24.1. The average Bonchev–Trinajstić information content (AvgIpc) is 3.38. The Bertz CT molecular complexity index is 1350. The Balaban J connectivity index is 1.80. The fraction of sp³-hybridized carbons (Fsp3) is 0.345. The number of carbonyl (C=O) groups excluding carboxylic acids is 1. The van der Waals surface area contributed by atoms with Gasteiger partial charge in [-0.15, -0.1) is 11.3 Å². The molecule has 0 aliphatic carbocycles. The number of nitrogens with zero attached hydrogens (tertiary/aromatic N) is 1. The van der Waals surface area contributed by atoms with Gasteiger partial charge in [0.05, 0.1) is 11.8 Å². The number of benzene rings is 2. The highest BCUT2D eigenvalue weighted by Gasteiger charge is 2.21. The van der Waals surface area contributed by atoms with Crippen LogP contribution >= 0.6 is 23.1 Å². The number of thiazole rings is 1. The summed E-state index contributed by atoms with van der Waals surface area (Å²) in [7, 11) is 0. The lowest BCUT2D eigenvalue weighted by molar-refractivity contribution is -0.132. The summed E-state index contributed by atoms with van der Waals surface area (Å²) in [4.78, 5) is 28.0. The van der Waals surface area contributed by atoms with Crippen LogP contribution in [0.25, 0.3) is 17.3 Å². The molecular formula is C29H31F3N2O4S2. The molecule has 3 rings (SSSR count). The summed E-state index contributed by atoms with van der Waals surface area (Å²) in [6.45, 7) is 3.85. The minimum Gasteiger partial charge on any atom is -0.478 e. The Kier molecular flexibility index (Phi) is 11.8. The molecule has 1 heterocycles. The first kappa shape index (κ1) is 31.4. The van der Waals surface area contributed by atoms with Crippen molar-refractivity contribution in [2.75, 3.05) is 23.9 Å². The summed E-state index contributed by atoms with van der Waals surface area (Å²) in [6, 6.07) is 6.66. The number of halogens is 3. The summed E-state index contributed by atoms with van der Waals surface area (Å²) in [5.74, 6) is -3.95. The third-order valence-corrected chi connectivity index (χ3v) is 7.47. The van der Waals surface area contributed by atoms with E-state index in [-0.39, 0.29) is 21.8 Å². The van der Waals surface area contributed by atoms with Crippen LogP contribution in [0, 0.1) is 17.5 Å². The molecule has 0 bridgehead atoms. The minimum atomic E-state index is -1.32. The van der Waals surface area contributed by atoms with Gasteiger partial charge in [0, 0.05) is 39.8 Å². The molecule has 0 spiro atoms. The Hall–Kier alpha value is -3.15. The molecule has 2 N–H and O–H groups in total. The smallest absolute Gasteiger partial charge is 0.331 e. The van der Waals surface area contributed by atoms with E-state index >= 15 is 4.39 Å². The molecule has 6 nitrogen and oxygen atoms in total. The Labute approximate surface area is 239 Å². The maximum absolute atomic E-state index is 15.7. The molecule has 40 heavy (non-hydrogen) atoms. The van der Waals surface area contributed by atoms with E-state index < -0.39 is 41.0 Å². The molecule has 1 amide bonds. The number of nitrogens with one attached hydrogen (secondary N) is 1. The van der Waals surface area contributed by atoms with E-state index in [1.165, 1.54) is 6.92 Å². The Morgan fingerprint density at radius 1 is 1.20 bits per heavy atom. The highest BCUT2D eigenvalue weighted by Crippen LogP contribution is 2.33. The molecule has 1 unspecified atom stereocenters.